The SMILES string of the molecule is CSc1cccc(NC(=O)Cn2c(C)cc(-c3nnc(C)o3)c2C)c1. The van der Waals surface area contributed by atoms with Gasteiger partial charge in [0, 0.05) is 28.9 Å². The van der Waals surface area contributed by atoms with Crippen LogP contribution >= 0.6 is 11.8 Å². The summed E-state index contributed by atoms with van der Waals surface area (Å²) in [7, 11) is 0. The molecule has 1 aromatic carbocycles. The molecule has 0 radical (unpaired) electrons. The Hall–Kier alpha value is -2.54. The maximum Gasteiger partial charge on any atom is 0.249 e. The number of thioether (sulfide) groups is 1. The average Bonchev–Trinajstić information content (AvgIpc) is 3.13. The zero-order valence-corrected chi connectivity index (χ0v) is 15.5. The molecule has 0 bridgehead atoms. The first-order valence-electron chi connectivity index (χ1n) is 7.89. The molecule has 3 aromatic rings. The van der Waals surface area contributed by atoms with Crippen LogP contribution in [0.5, 0.6) is 0 Å². The van der Waals surface area contributed by atoms with Gasteiger partial charge in [0.05, 0.1) is 5.56 Å². The summed E-state index contributed by atoms with van der Waals surface area (Å²) in [4.78, 5) is 13.6. The van der Waals surface area contributed by atoms with Gasteiger partial charge in [-0.25, -0.2) is 0 Å². The Bertz CT molecular complexity index is 914. The van der Waals surface area contributed by atoms with Crippen LogP contribution in [0.25, 0.3) is 11.5 Å². The Kier molecular flexibility index (Phi) is 4.94. The number of carbonyl (C=O) groups excluding carboxylic acids is 1. The Morgan fingerprint density at radius 3 is 2.72 bits per heavy atom. The number of nitrogens with zero attached hydrogens (tertiary/aromatic N) is 3. The predicted octanol–water partition coefficient (Wildman–Crippen LogP) is 3.82. The summed E-state index contributed by atoms with van der Waals surface area (Å²) in [6.07, 6.45) is 2.01. The summed E-state index contributed by atoms with van der Waals surface area (Å²) >= 11 is 1.64. The summed E-state index contributed by atoms with van der Waals surface area (Å²) < 4.78 is 7.45. The molecule has 2 heterocycles. The topological polar surface area (TPSA) is 73.0 Å². The van der Waals surface area contributed by atoms with Gasteiger partial charge in [-0.1, -0.05) is 6.07 Å². The molecular weight excluding hydrogens is 336 g/mol. The van der Waals surface area contributed by atoms with Gasteiger partial charge >= 0.3 is 0 Å². The van der Waals surface area contributed by atoms with Crippen molar-refractivity contribution in [1.82, 2.24) is 14.8 Å². The van der Waals surface area contributed by atoms with Gasteiger partial charge in [-0.2, -0.15) is 0 Å². The zero-order chi connectivity index (χ0) is 18.0. The van der Waals surface area contributed by atoms with Gasteiger partial charge in [-0.3, -0.25) is 4.79 Å². The van der Waals surface area contributed by atoms with Crippen LogP contribution in [0.2, 0.25) is 0 Å². The van der Waals surface area contributed by atoms with E-state index in [0.717, 1.165) is 27.5 Å². The number of hydrogen-bond donors (Lipinski definition) is 1. The third kappa shape index (κ3) is 3.76. The van der Waals surface area contributed by atoms with Crippen LogP contribution in [0.3, 0.4) is 0 Å². The molecule has 2 aromatic heterocycles. The number of benzene rings is 1. The first kappa shape index (κ1) is 17.3. The van der Waals surface area contributed by atoms with Crippen molar-refractivity contribution in [3.8, 4) is 11.5 Å². The molecular formula is C18H20N4O2S. The minimum Gasteiger partial charge on any atom is -0.421 e. The van der Waals surface area contributed by atoms with Gasteiger partial charge in [-0.15, -0.1) is 22.0 Å². The van der Waals surface area contributed by atoms with Gasteiger partial charge in [0.25, 0.3) is 0 Å². The summed E-state index contributed by atoms with van der Waals surface area (Å²) in [5, 5.41) is 10.9. The highest BCUT2D eigenvalue weighted by Gasteiger charge is 2.17. The van der Waals surface area contributed by atoms with Crippen molar-refractivity contribution in [3.05, 3.63) is 47.6 Å². The third-order valence-corrected chi connectivity index (χ3v) is 4.71. The first-order chi connectivity index (χ1) is 12.0. The van der Waals surface area contributed by atoms with E-state index in [9.17, 15) is 4.79 Å². The number of carbonyl (C=O) groups is 1. The molecule has 0 atom stereocenters. The normalized spacial score (nSPS) is 10.9. The van der Waals surface area contributed by atoms with Crippen molar-refractivity contribution in [2.45, 2.75) is 32.2 Å². The van der Waals surface area contributed by atoms with E-state index in [0.29, 0.717) is 11.8 Å². The summed E-state index contributed by atoms with van der Waals surface area (Å²) in [5.74, 6) is 0.921. The van der Waals surface area contributed by atoms with E-state index >= 15 is 0 Å². The van der Waals surface area contributed by atoms with E-state index in [1.807, 2.05) is 55.0 Å². The molecule has 0 aliphatic rings. The third-order valence-electron chi connectivity index (χ3n) is 3.99. The van der Waals surface area contributed by atoms with Gasteiger partial charge in [0.15, 0.2) is 0 Å². The second-order valence-corrected chi connectivity index (χ2v) is 6.66. The molecule has 130 valence electrons. The van der Waals surface area contributed by atoms with E-state index in [2.05, 4.69) is 15.5 Å². The maximum absolute atomic E-state index is 12.4. The minimum atomic E-state index is -0.0756. The molecule has 1 N–H and O–H groups in total. The van der Waals surface area contributed by atoms with E-state index in [-0.39, 0.29) is 12.5 Å². The molecule has 7 heteroatoms. The number of aryl methyl sites for hydroxylation is 2. The number of anilines is 1. The van der Waals surface area contributed by atoms with Crippen molar-refractivity contribution in [3.63, 3.8) is 0 Å². The highest BCUT2D eigenvalue weighted by molar-refractivity contribution is 7.98. The monoisotopic (exact) mass is 356 g/mol. The number of amides is 1. The number of hydrogen-bond acceptors (Lipinski definition) is 5. The Morgan fingerprint density at radius 2 is 2.04 bits per heavy atom. The van der Waals surface area contributed by atoms with Crippen molar-refractivity contribution in [1.29, 1.82) is 0 Å². The number of nitrogens with one attached hydrogen (secondary N) is 1. The molecule has 0 spiro atoms. The Balaban J connectivity index is 1.78. The fourth-order valence-corrected chi connectivity index (χ4v) is 3.17. The minimum absolute atomic E-state index is 0.0756. The number of aromatic nitrogens is 3. The van der Waals surface area contributed by atoms with Crippen LogP contribution in [0.1, 0.15) is 17.3 Å². The molecule has 0 unspecified atom stereocenters. The lowest BCUT2D eigenvalue weighted by Crippen LogP contribution is -2.20. The molecule has 0 aliphatic carbocycles. The van der Waals surface area contributed by atoms with Crippen molar-refractivity contribution in [2.75, 3.05) is 11.6 Å². The predicted molar refractivity (Wildman–Crippen MR) is 98.8 cm³/mol. The highest BCUT2D eigenvalue weighted by atomic mass is 32.2. The molecule has 25 heavy (non-hydrogen) atoms. The van der Waals surface area contributed by atoms with E-state index < -0.39 is 0 Å². The van der Waals surface area contributed by atoms with Crippen molar-refractivity contribution in [2.24, 2.45) is 0 Å². The van der Waals surface area contributed by atoms with Crippen LogP contribution in [0, 0.1) is 20.8 Å². The van der Waals surface area contributed by atoms with E-state index in [1.54, 1.807) is 18.7 Å². The quantitative estimate of drug-likeness (QED) is 0.704. The van der Waals surface area contributed by atoms with Gasteiger partial charge in [0.1, 0.15) is 6.54 Å². The van der Waals surface area contributed by atoms with E-state index in [4.69, 9.17) is 4.42 Å². The fourth-order valence-electron chi connectivity index (χ4n) is 2.71. The first-order valence-corrected chi connectivity index (χ1v) is 9.11. The highest BCUT2D eigenvalue weighted by Crippen LogP contribution is 2.26. The largest absolute Gasteiger partial charge is 0.421 e. The second-order valence-electron chi connectivity index (χ2n) is 5.78. The molecule has 0 fully saturated rings. The molecule has 0 aliphatic heterocycles. The Morgan fingerprint density at radius 1 is 1.24 bits per heavy atom. The Labute approximate surface area is 150 Å². The van der Waals surface area contributed by atoms with Crippen molar-refractivity contribution < 1.29 is 9.21 Å². The lowest BCUT2D eigenvalue weighted by Gasteiger charge is -2.11. The maximum atomic E-state index is 12.4. The van der Waals surface area contributed by atoms with Crippen LogP contribution in [0.4, 0.5) is 5.69 Å². The average molecular weight is 356 g/mol. The molecule has 1 amide bonds. The van der Waals surface area contributed by atoms with Gasteiger partial charge < -0.3 is 14.3 Å². The standard InChI is InChI=1S/C18H20N4O2S/c1-11-8-16(18-21-20-13(3)24-18)12(2)22(11)10-17(23)19-14-6-5-7-15(9-14)25-4/h5-9H,10H2,1-4H3,(H,19,23). The molecule has 3 rings (SSSR count). The smallest absolute Gasteiger partial charge is 0.249 e. The molecule has 6 nitrogen and oxygen atoms in total. The second kappa shape index (κ2) is 7.14. The zero-order valence-electron chi connectivity index (χ0n) is 14.7. The molecule has 0 saturated heterocycles. The summed E-state index contributed by atoms with van der Waals surface area (Å²) in [6, 6.07) is 9.76. The number of rotatable bonds is 5. The lowest BCUT2D eigenvalue weighted by molar-refractivity contribution is -0.116. The van der Waals surface area contributed by atoms with Crippen LogP contribution in [-0.2, 0) is 11.3 Å². The lowest BCUT2D eigenvalue weighted by atomic mass is 10.2. The van der Waals surface area contributed by atoms with E-state index in [1.165, 1.54) is 0 Å². The van der Waals surface area contributed by atoms with Crippen molar-refractivity contribution >= 4 is 23.4 Å². The van der Waals surface area contributed by atoms with Crippen LogP contribution in [0.15, 0.2) is 39.6 Å². The molecule has 0 saturated carbocycles. The van der Waals surface area contributed by atoms with Crippen LogP contribution in [-0.4, -0.2) is 26.9 Å². The van der Waals surface area contributed by atoms with Crippen LogP contribution < -0.4 is 5.32 Å². The summed E-state index contributed by atoms with van der Waals surface area (Å²) in [5.41, 5.74) is 3.55. The van der Waals surface area contributed by atoms with Gasteiger partial charge in [-0.05, 0) is 44.4 Å². The van der Waals surface area contributed by atoms with Gasteiger partial charge in [0.2, 0.25) is 17.7 Å². The fraction of sp³-hybridized carbons (Fsp3) is 0.278. The summed E-state index contributed by atoms with van der Waals surface area (Å²) in [6.45, 7) is 5.89.